The van der Waals surface area contributed by atoms with E-state index in [9.17, 15) is 4.79 Å². The summed E-state index contributed by atoms with van der Waals surface area (Å²) in [5, 5.41) is 0. The van der Waals surface area contributed by atoms with Crippen molar-refractivity contribution in [3.05, 3.63) is 54.1 Å². The Morgan fingerprint density at radius 2 is 1.50 bits per heavy atom. The summed E-state index contributed by atoms with van der Waals surface area (Å²) in [7, 11) is 0. The van der Waals surface area contributed by atoms with E-state index in [2.05, 4.69) is 32.9 Å². The topological polar surface area (TPSA) is 57.3 Å². The first-order valence-electron chi connectivity index (χ1n) is 16.7. The van der Waals surface area contributed by atoms with Gasteiger partial charge in [-0.3, -0.25) is 0 Å². The highest BCUT2D eigenvalue weighted by Crippen LogP contribution is 2.39. The summed E-state index contributed by atoms with van der Waals surface area (Å²) in [6.07, 6.45) is 14.1. The molecule has 0 bridgehead atoms. The number of esters is 1. The van der Waals surface area contributed by atoms with Gasteiger partial charge < -0.3 is 18.9 Å². The molecule has 1 saturated heterocycles. The van der Waals surface area contributed by atoms with Crippen LogP contribution >= 0.6 is 0 Å². The third-order valence-corrected chi connectivity index (χ3v) is 9.70. The van der Waals surface area contributed by atoms with Crippen LogP contribution in [0.25, 0.3) is 11.1 Å². The standard InChI is InChI=1S/C37H52O5/c1-26(2)33-19-9-27(3)23-35(33)42-37(38)31-13-11-29(12-14-31)30-15-17-32(18-16-30)40-22-8-6-4-5-7-21-39-25-28-10-20-34-36(24-28)41-34/h11-18,26-28,33-36H,4-10,19-25H2,1-3H3. The third kappa shape index (κ3) is 9.07. The Balaban J connectivity index is 0.947. The van der Waals surface area contributed by atoms with Gasteiger partial charge in [0.1, 0.15) is 11.9 Å². The van der Waals surface area contributed by atoms with Crippen LogP contribution in [0, 0.1) is 23.7 Å². The molecule has 230 valence electrons. The van der Waals surface area contributed by atoms with Gasteiger partial charge in [0.2, 0.25) is 0 Å². The summed E-state index contributed by atoms with van der Waals surface area (Å²) in [5.74, 6) is 3.00. The summed E-state index contributed by atoms with van der Waals surface area (Å²) in [6.45, 7) is 9.29. The van der Waals surface area contributed by atoms with Gasteiger partial charge in [-0.15, -0.1) is 0 Å². The first-order valence-corrected chi connectivity index (χ1v) is 16.7. The Morgan fingerprint density at radius 1 is 0.810 bits per heavy atom. The normalized spacial score (nSPS) is 27.0. The van der Waals surface area contributed by atoms with Gasteiger partial charge in [0.05, 0.1) is 24.4 Å². The minimum atomic E-state index is -0.204. The second-order valence-corrected chi connectivity index (χ2v) is 13.5. The molecule has 0 aromatic heterocycles. The fraction of sp³-hybridized carbons (Fsp3) is 0.649. The summed E-state index contributed by atoms with van der Waals surface area (Å²) < 4.78 is 23.5. The quantitative estimate of drug-likeness (QED) is 0.120. The molecule has 5 heteroatoms. The van der Waals surface area contributed by atoms with Crippen molar-refractivity contribution in [1.29, 1.82) is 0 Å². The van der Waals surface area contributed by atoms with Crippen molar-refractivity contribution in [2.45, 2.75) is 110 Å². The minimum absolute atomic E-state index is 0.0191. The highest BCUT2D eigenvalue weighted by Gasteiger charge is 2.43. The number of benzene rings is 2. The van der Waals surface area contributed by atoms with Crippen LogP contribution in [0.3, 0.4) is 0 Å². The van der Waals surface area contributed by atoms with E-state index in [0.717, 1.165) is 62.4 Å². The van der Waals surface area contributed by atoms with Crippen LogP contribution < -0.4 is 4.74 Å². The van der Waals surface area contributed by atoms with Gasteiger partial charge >= 0.3 is 5.97 Å². The smallest absolute Gasteiger partial charge is 0.338 e. The van der Waals surface area contributed by atoms with E-state index in [1.54, 1.807) is 0 Å². The van der Waals surface area contributed by atoms with E-state index in [0.29, 0.717) is 41.4 Å². The zero-order chi connectivity index (χ0) is 29.3. The number of carbonyl (C=O) groups excluding carboxylic acids is 1. The SMILES string of the molecule is CC1CCC(C(C)C)C(OC(=O)c2ccc(-c3ccc(OCCCCCCCOCC4CCC5OC5C4)cc3)cc2)C1. The molecule has 0 spiro atoms. The Hall–Kier alpha value is -2.37. The molecule has 3 fully saturated rings. The lowest BCUT2D eigenvalue weighted by Crippen LogP contribution is -2.35. The molecule has 5 rings (SSSR count). The summed E-state index contributed by atoms with van der Waals surface area (Å²) in [6, 6.07) is 16.0. The van der Waals surface area contributed by atoms with Crippen LogP contribution in [0.5, 0.6) is 5.75 Å². The first-order chi connectivity index (χ1) is 20.5. The van der Waals surface area contributed by atoms with Crippen molar-refractivity contribution in [2.75, 3.05) is 19.8 Å². The second kappa shape index (κ2) is 15.4. The van der Waals surface area contributed by atoms with Crippen LogP contribution in [-0.2, 0) is 14.2 Å². The fourth-order valence-corrected chi connectivity index (χ4v) is 6.91. The molecule has 0 N–H and O–H groups in total. The van der Waals surface area contributed by atoms with Crippen molar-refractivity contribution in [3.8, 4) is 16.9 Å². The molecule has 0 radical (unpaired) electrons. The Bertz CT molecular complexity index is 1090. The molecule has 5 nitrogen and oxygen atoms in total. The number of carbonyl (C=O) groups is 1. The molecular weight excluding hydrogens is 524 g/mol. The van der Waals surface area contributed by atoms with Gasteiger partial charge in [0.25, 0.3) is 0 Å². The summed E-state index contributed by atoms with van der Waals surface area (Å²) >= 11 is 0. The maximum Gasteiger partial charge on any atom is 0.338 e. The largest absolute Gasteiger partial charge is 0.494 e. The van der Waals surface area contributed by atoms with E-state index in [1.165, 1.54) is 44.9 Å². The Morgan fingerprint density at radius 3 is 2.21 bits per heavy atom. The van der Waals surface area contributed by atoms with Crippen LogP contribution in [0.2, 0.25) is 0 Å². The van der Waals surface area contributed by atoms with Crippen molar-refractivity contribution < 1.29 is 23.7 Å². The lowest BCUT2D eigenvalue weighted by atomic mass is 9.75. The van der Waals surface area contributed by atoms with Gasteiger partial charge in [-0.2, -0.15) is 0 Å². The first kappa shape index (κ1) is 31.1. The van der Waals surface area contributed by atoms with E-state index in [1.807, 2.05) is 36.4 Å². The molecular formula is C37H52O5. The van der Waals surface area contributed by atoms with Gasteiger partial charge in [-0.25, -0.2) is 4.79 Å². The van der Waals surface area contributed by atoms with Crippen molar-refractivity contribution in [1.82, 2.24) is 0 Å². The molecule has 2 saturated carbocycles. The fourth-order valence-electron chi connectivity index (χ4n) is 6.91. The number of unbranched alkanes of at least 4 members (excludes halogenated alkanes) is 4. The molecule has 2 aliphatic carbocycles. The third-order valence-electron chi connectivity index (χ3n) is 9.70. The molecule has 42 heavy (non-hydrogen) atoms. The molecule has 2 aromatic carbocycles. The van der Waals surface area contributed by atoms with Crippen LogP contribution in [0.1, 0.15) is 102 Å². The number of rotatable bonds is 15. The minimum Gasteiger partial charge on any atom is -0.494 e. The van der Waals surface area contributed by atoms with Crippen molar-refractivity contribution >= 4 is 5.97 Å². The second-order valence-electron chi connectivity index (χ2n) is 13.5. The number of epoxide rings is 1. The van der Waals surface area contributed by atoms with Crippen LogP contribution in [-0.4, -0.2) is 44.1 Å². The molecule has 2 aromatic rings. The molecule has 0 amide bonds. The summed E-state index contributed by atoms with van der Waals surface area (Å²) in [4.78, 5) is 12.9. The Kier molecular flexibility index (Phi) is 11.4. The lowest BCUT2D eigenvalue weighted by molar-refractivity contribution is -0.0174. The van der Waals surface area contributed by atoms with Crippen molar-refractivity contribution in [3.63, 3.8) is 0 Å². The highest BCUT2D eigenvalue weighted by molar-refractivity contribution is 5.90. The number of fused-ring (bicyclic) bond motifs is 1. The van der Waals surface area contributed by atoms with E-state index in [-0.39, 0.29) is 12.1 Å². The predicted molar refractivity (Wildman–Crippen MR) is 168 cm³/mol. The van der Waals surface area contributed by atoms with Crippen molar-refractivity contribution in [2.24, 2.45) is 23.7 Å². The molecule has 1 aliphatic heterocycles. The van der Waals surface area contributed by atoms with Gasteiger partial charge in [-0.05, 0) is 104 Å². The van der Waals surface area contributed by atoms with Crippen LogP contribution in [0.15, 0.2) is 48.5 Å². The van der Waals surface area contributed by atoms with E-state index in [4.69, 9.17) is 18.9 Å². The molecule has 3 aliphatic rings. The van der Waals surface area contributed by atoms with E-state index < -0.39 is 0 Å². The van der Waals surface area contributed by atoms with Gasteiger partial charge in [0.15, 0.2) is 0 Å². The molecule has 6 atom stereocenters. The number of ether oxygens (including phenoxy) is 4. The zero-order valence-electron chi connectivity index (χ0n) is 26.1. The summed E-state index contributed by atoms with van der Waals surface area (Å²) in [5.41, 5.74) is 2.81. The average Bonchev–Trinajstić information content (AvgIpc) is 3.77. The zero-order valence-corrected chi connectivity index (χ0v) is 26.1. The predicted octanol–water partition coefficient (Wildman–Crippen LogP) is 8.88. The van der Waals surface area contributed by atoms with Gasteiger partial charge in [0, 0.05) is 13.2 Å². The average molecular weight is 577 g/mol. The van der Waals surface area contributed by atoms with Crippen LogP contribution in [0.4, 0.5) is 0 Å². The number of hydrogen-bond acceptors (Lipinski definition) is 5. The number of hydrogen-bond donors (Lipinski definition) is 0. The molecule has 1 heterocycles. The van der Waals surface area contributed by atoms with Gasteiger partial charge in [-0.1, -0.05) is 70.7 Å². The molecule has 6 unspecified atom stereocenters. The maximum absolute atomic E-state index is 12.9. The highest BCUT2D eigenvalue weighted by atomic mass is 16.6. The van der Waals surface area contributed by atoms with E-state index >= 15 is 0 Å². The monoisotopic (exact) mass is 576 g/mol. The maximum atomic E-state index is 12.9. The lowest BCUT2D eigenvalue weighted by Gasteiger charge is -2.36. The Labute approximate surface area is 253 Å².